The van der Waals surface area contributed by atoms with Gasteiger partial charge in [-0.1, -0.05) is 40.0 Å². The lowest BCUT2D eigenvalue weighted by Gasteiger charge is -2.20. The van der Waals surface area contributed by atoms with E-state index in [9.17, 15) is 23.2 Å². The van der Waals surface area contributed by atoms with Crippen LogP contribution in [0, 0.1) is 11.8 Å². The van der Waals surface area contributed by atoms with Gasteiger partial charge in [0, 0.05) is 197 Å². The molecule has 37 nitrogen and oxygen atoms in total. The van der Waals surface area contributed by atoms with Gasteiger partial charge in [-0.25, -0.2) is 48.7 Å². The summed E-state index contributed by atoms with van der Waals surface area (Å²) in [4.78, 5) is 124. The number of aromatic nitrogens is 28. The molecule has 716 valence electrons. The molecule has 41 heteroatoms. The minimum Gasteiger partial charge on any atom is -0.472 e. The van der Waals surface area contributed by atoms with Gasteiger partial charge in [0.15, 0.2) is 45.9 Å². The highest BCUT2D eigenvalue weighted by atomic mass is 32.1. The van der Waals surface area contributed by atoms with Gasteiger partial charge in [0.25, 0.3) is 5.92 Å². The largest absolute Gasteiger partial charge is 0.472 e. The number of alkyl halides is 2. The number of carbonyl (C=O) groups is 3. The molecule has 0 unspecified atom stereocenters. The van der Waals surface area contributed by atoms with Crippen LogP contribution in [0.3, 0.4) is 0 Å². The molecule has 11 N–H and O–H groups in total. The number of furan rings is 2. The van der Waals surface area contributed by atoms with Crippen molar-refractivity contribution in [1.82, 2.24) is 145 Å². The van der Waals surface area contributed by atoms with Gasteiger partial charge in [0.1, 0.15) is 44.8 Å². The molecule has 1 saturated carbocycles. The van der Waals surface area contributed by atoms with Gasteiger partial charge in [-0.15, -0.1) is 0 Å². The minimum absolute atomic E-state index is 0.0381. The van der Waals surface area contributed by atoms with Crippen LogP contribution in [-0.4, -0.2) is 182 Å². The number of fused-ring (bicyclic) bond motifs is 8. The Morgan fingerprint density at radius 3 is 1.14 bits per heavy atom. The van der Waals surface area contributed by atoms with Crippen molar-refractivity contribution in [2.75, 3.05) is 29.0 Å². The summed E-state index contributed by atoms with van der Waals surface area (Å²) < 4.78 is 37.7. The van der Waals surface area contributed by atoms with Gasteiger partial charge in [0.2, 0.25) is 17.7 Å². The molecule has 0 spiro atoms. The summed E-state index contributed by atoms with van der Waals surface area (Å²) in [6.45, 7) is 6.41. The van der Waals surface area contributed by atoms with Gasteiger partial charge in [-0.3, -0.25) is 79.6 Å². The number of aromatic amines is 8. The molecule has 1 saturated heterocycles. The van der Waals surface area contributed by atoms with E-state index in [1.54, 1.807) is 171 Å². The fraction of sp³-hybridized carbons (Fsp3) is 0.163. The molecule has 0 aromatic carbocycles. The SMILES string of the molecule is CC(C)CC(=O)Nc1cncc(-c2cnc3n[nH]c(-c4nc5c(-c6ccoc6)cncc5[nH]4)c3c2)c1.CCC(=O)Nc1cncc(-c2cnc3n[nH]c(-c4nc5c(-c6ccoc6)cncc5[nH]4)c3c2)c1.FC1(F)CCN(Cc2cncc(-c3cnc4n[nH]c(-c5nc6c(-c7ccsc7)cncc6[nH]5)c4c3)c2)C1.O=C(Nc1cncc(-c2cnc3n[nH]c(-c4nc5c(-c6ccsc6)cncc5[nH]4)c3c2)c1)C1CCCCC1. The second-order valence-corrected chi connectivity index (χ2v) is 37.2. The van der Waals surface area contributed by atoms with Gasteiger partial charge in [0.05, 0.1) is 136 Å². The smallest absolute Gasteiger partial charge is 0.261 e. The summed E-state index contributed by atoms with van der Waals surface area (Å²) in [6.07, 6.45) is 47.5. The van der Waals surface area contributed by atoms with Crippen LogP contribution >= 0.6 is 22.7 Å². The zero-order chi connectivity index (χ0) is 98.2. The zero-order valence-corrected chi connectivity index (χ0v) is 79.2. The zero-order valence-electron chi connectivity index (χ0n) is 77.5. The van der Waals surface area contributed by atoms with Crippen LogP contribution in [0.5, 0.6) is 0 Å². The molecule has 0 atom stereocenters. The number of thiophene rings is 2. The number of pyridine rings is 12. The maximum Gasteiger partial charge on any atom is 0.261 e. The van der Waals surface area contributed by atoms with Crippen LogP contribution in [0.4, 0.5) is 25.8 Å². The van der Waals surface area contributed by atoms with E-state index in [0.717, 1.165) is 197 Å². The van der Waals surface area contributed by atoms with Crippen LogP contribution in [-0.2, 0) is 20.9 Å². The maximum atomic E-state index is 13.6. The lowest BCUT2D eigenvalue weighted by atomic mass is 9.88. The van der Waals surface area contributed by atoms with Crippen LogP contribution < -0.4 is 16.0 Å². The summed E-state index contributed by atoms with van der Waals surface area (Å²) in [5, 5.41) is 50.1. The molecule has 2 fully saturated rings. The Kier molecular flexibility index (Phi) is 24.4. The third-order valence-electron chi connectivity index (χ3n) is 25.2. The van der Waals surface area contributed by atoms with Gasteiger partial charge in [-0.05, 0) is 130 Å². The molecular formula is C104H84F2N32O5S2. The number of nitrogens with zero attached hydrogens (tertiary/aromatic N) is 21. The number of halogens is 2. The number of rotatable bonds is 21. The first-order valence-electron chi connectivity index (χ1n) is 46.6. The van der Waals surface area contributed by atoms with Crippen LogP contribution in [0.15, 0.2) is 252 Å². The van der Waals surface area contributed by atoms with E-state index in [4.69, 9.17) is 28.8 Å². The van der Waals surface area contributed by atoms with E-state index >= 15 is 0 Å². The quantitative estimate of drug-likeness (QED) is 0.0318. The van der Waals surface area contributed by atoms with Crippen molar-refractivity contribution >= 4 is 146 Å². The van der Waals surface area contributed by atoms with Crippen molar-refractivity contribution < 1.29 is 32.0 Å². The molecule has 0 radical (unpaired) electrons. The Labute approximate surface area is 827 Å². The summed E-state index contributed by atoms with van der Waals surface area (Å²) >= 11 is 3.27. The molecule has 1 aliphatic carbocycles. The molecule has 3 amide bonds. The molecule has 1 aliphatic heterocycles. The first-order chi connectivity index (χ1) is 71.0. The summed E-state index contributed by atoms with van der Waals surface area (Å²) in [6, 6.07) is 23.5. The number of anilines is 3. The van der Waals surface area contributed by atoms with Gasteiger partial charge >= 0.3 is 0 Å². The Morgan fingerprint density at radius 1 is 0.421 bits per heavy atom. The summed E-state index contributed by atoms with van der Waals surface area (Å²) in [7, 11) is 0. The highest BCUT2D eigenvalue weighted by molar-refractivity contribution is 7.08. The Balaban J connectivity index is 0.000000107. The number of hydrogen-bond donors (Lipinski definition) is 11. The normalized spacial score (nSPS) is 13.3. The fourth-order valence-corrected chi connectivity index (χ4v) is 19.4. The van der Waals surface area contributed by atoms with E-state index in [-0.39, 0.29) is 42.5 Å². The van der Waals surface area contributed by atoms with E-state index in [1.165, 1.54) is 6.42 Å². The topological polar surface area (TPSA) is 501 Å². The predicted molar refractivity (Wildman–Crippen MR) is 549 cm³/mol. The summed E-state index contributed by atoms with van der Waals surface area (Å²) in [5.74, 6) is 0.261. The number of hydrogen-bond acceptors (Lipinski definition) is 28. The average molecular weight is 1960 g/mol. The molecule has 24 aromatic heterocycles. The fourth-order valence-electron chi connectivity index (χ4n) is 18.0. The van der Waals surface area contributed by atoms with Crippen molar-refractivity contribution in [1.29, 1.82) is 0 Å². The van der Waals surface area contributed by atoms with Crippen molar-refractivity contribution in [3.05, 3.63) is 249 Å². The number of likely N-dealkylation sites (tertiary alicyclic amines) is 1. The predicted octanol–water partition coefficient (Wildman–Crippen LogP) is 21.5. The summed E-state index contributed by atoms with van der Waals surface area (Å²) in [5.41, 5.74) is 29.0. The van der Waals surface area contributed by atoms with Crippen molar-refractivity contribution in [2.24, 2.45) is 11.8 Å². The van der Waals surface area contributed by atoms with Crippen LogP contribution in [0.1, 0.15) is 77.7 Å². The first-order valence-corrected chi connectivity index (χ1v) is 48.5. The van der Waals surface area contributed by atoms with Gasteiger partial charge in [-0.2, -0.15) is 43.1 Å². The molecule has 0 bridgehead atoms. The van der Waals surface area contributed by atoms with Crippen LogP contribution in [0.2, 0.25) is 0 Å². The minimum atomic E-state index is -2.62. The third kappa shape index (κ3) is 19.0. The standard InChI is InChI=1S/C28H24N8OS.C26H20F2N8S.C26H22N8O2.C24H18N8O2/c37-28(16-4-2-1-3-5-16)32-20-8-18(10-29-12-20)19-9-21-25(35-36-26(21)31-11-19)27-33-23-14-30-13-22(24(23)34-27)17-6-7-38-15-17;27-26(28)2-3-36(14-26)12-15-5-17(8-29-7-15)18-6-19-23(34-35-24(19)31-9-18)25-32-21-11-30-10-20(22(21)33-25)16-1-4-37-13-16;1-14(2)5-22(35)30-18-6-16(8-27-10-18)17-7-19-24(33-34-25(19)29-9-17)26-31-21-12-28-11-20(23(21)32-26)15-3-4-36-13-15;1-2-20(33)28-16-5-14(7-25-9-16)15-6-17-22(31-32-23(17)27-8-15)24-29-19-11-26-10-18(21(19)30-24)13-3-4-34-12-13/h6-16H,1-5H2,(H,32,37)(H,33,34)(H,31,35,36);1,4-11,13H,2-3,12,14H2,(H,32,33)(H,31,34,35);3-4,6-14H,5H2,1-2H3,(H,30,35)(H,31,32)(H,29,33,34);3-12H,2H2,1H3,(H,28,33)(H,29,30)(H,27,31,32). The monoisotopic (exact) mass is 1960 g/mol. The second kappa shape index (κ2) is 39.1. The van der Waals surface area contributed by atoms with E-state index < -0.39 is 5.92 Å². The maximum absolute atomic E-state index is 13.6. The molecule has 24 aromatic rings. The molecule has 25 heterocycles. The number of imidazole rings is 4. The van der Waals surface area contributed by atoms with Crippen molar-refractivity contribution in [3.8, 4) is 135 Å². The number of H-pyrrole nitrogens is 8. The lowest BCUT2D eigenvalue weighted by molar-refractivity contribution is -0.121. The number of nitrogens with one attached hydrogen (secondary N) is 11. The van der Waals surface area contributed by atoms with Gasteiger partial charge < -0.3 is 44.7 Å². The van der Waals surface area contributed by atoms with E-state index in [2.05, 4.69) is 159 Å². The van der Waals surface area contributed by atoms with Crippen molar-refractivity contribution in [3.63, 3.8) is 0 Å². The Bertz CT molecular complexity index is 8900. The number of amides is 3. The third-order valence-corrected chi connectivity index (χ3v) is 26.6. The van der Waals surface area contributed by atoms with Crippen molar-refractivity contribution in [2.45, 2.75) is 84.6 Å². The Hall–Kier alpha value is -18.3. The second-order valence-electron chi connectivity index (χ2n) is 35.7. The average Bonchev–Trinajstić information content (AvgIpc) is 1.62. The molecular weight excluding hydrogens is 1880 g/mol. The molecule has 145 heavy (non-hydrogen) atoms. The molecule has 2 aliphatic rings. The highest BCUT2D eigenvalue weighted by Gasteiger charge is 2.38. The number of carbonyl (C=O) groups excluding carboxylic acids is 3. The highest BCUT2D eigenvalue weighted by Crippen LogP contribution is 2.41. The van der Waals surface area contributed by atoms with E-state index in [1.807, 2.05) is 97.7 Å². The van der Waals surface area contributed by atoms with E-state index in [0.29, 0.717) is 100 Å². The van der Waals surface area contributed by atoms with Crippen LogP contribution in [0.25, 0.3) is 223 Å². The Morgan fingerprint density at radius 2 is 0.786 bits per heavy atom. The lowest BCUT2D eigenvalue weighted by Crippen LogP contribution is -2.24. The molecule has 26 rings (SSSR count). The first kappa shape index (κ1) is 90.6.